The summed E-state index contributed by atoms with van der Waals surface area (Å²) < 4.78 is 11.2. The fourth-order valence-corrected chi connectivity index (χ4v) is 2.98. The van der Waals surface area contributed by atoms with Gasteiger partial charge in [0.1, 0.15) is 10.0 Å². The Bertz CT molecular complexity index is 424. The second-order valence-corrected chi connectivity index (χ2v) is 6.14. The van der Waals surface area contributed by atoms with Gasteiger partial charge in [0.2, 0.25) is 0 Å². The van der Waals surface area contributed by atoms with Crippen LogP contribution in [0.3, 0.4) is 0 Å². The third-order valence-electron chi connectivity index (χ3n) is 2.17. The van der Waals surface area contributed by atoms with E-state index in [0.29, 0.717) is 20.1 Å². The van der Waals surface area contributed by atoms with Crippen LogP contribution in [0.25, 0.3) is 0 Å². The summed E-state index contributed by atoms with van der Waals surface area (Å²) in [4.78, 5) is 0. The molecule has 0 bridgehead atoms. The molecule has 2 aliphatic heterocycles. The summed E-state index contributed by atoms with van der Waals surface area (Å²) in [6, 6.07) is 0. The van der Waals surface area contributed by atoms with Crippen molar-refractivity contribution in [1.29, 1.82) is 0 Å². The summed E-state index contributed by atoms with van der Waals surface area (Å²) in [6.45, 7) is 0. The van der Waals surface area contributed by atoms with Gasteiger partial charge in [-0.2, -0.15) is 0 Å². The maximum Gasteiger partial charge on any atom is 0.184 e. The fraction of sp³-hybridized carbons (Fsp3) is 0.250. The molecule has 0 saturated carbocycles. The molecule has 15 heavy (non-hydrogen) atoms. The predicted octanol–water partition coefficient (Wildman–Crippen LogP) is 4.42. The fourth-order valence-electron chi connectivity index (χ4n) is 1.35. The summed E-state index contributed by atoms with van der Waals surface area (Å²) >= 11 is 23.8. The zero-order valence-corrected chi connectivity index (χ0v) is 11.0. The topological polar surface area (TPSA) is 18.5 Å². The summed E-state index contributed by atoms with van der Waals surface area (Å²) in [5.74, 6) is 1.01. The average molecular weight is 304 g/mol. The molecule has 0 aliphatic carbocycles. The molecule has 1 aromatic carbocycles. The Hall–Kier alpha value is 0.410. The maximum absolute atomic E-state index is 6.00. The second kappa shape index (κ2) is 3.45. The van der Waals surface area contributed by atoms with E-state index in [9.17, 15) is 0 Å². The van der Waals surface area contributed by atoms with Crippen LogP contribution in [0.15, 0.2) is 0 Å². The van der Waals surface area contributed by atoms with Crippen molar-refractivity contribution >= 4 is 55.0 Å². The third-order valence-corrected chi connectivity index (χ3v) is 5.05. The van der Waals surface area contributed by atoms with Crippen LogP contribution in [0.1, 0.15) is 0 Å². The minimum absolute atomic E-state index is 0.100. The zero-order chi connectivity index (χ0) is 10.7. The van der Waals surface area contributed by atoms with E-state index in [-0.39, 0.29) is 31.8 Å². The highest BCUT2D eigenvalue weighted by Crippen LogP contribution is 2.61. The van der Waals surface area contributed by atoms with Crippen LogP contribution in [-0.2, 0) is 0 Å². The van der Waals surface area contributed by atoms with Crippen molar-refractivity contribution in [3.05, 3.63) is 20.1 Å². The predicted molar refractivity (Wildman–Crippen MR) is 63.6 cm³/mol. The first-order chi connectivity index (χ1) is 7.09. The molecule has 0 amide bonds. The Morgan fingerprint density at radius 3 is 1.53 bits per heavy atom. The maximum atomic E-state index is 6.00. The van der Waals surface area contributed by atoms with E-state index in [2.05, 4.69) is 0 Å². The van der Waals surface area contributed by atoms with Gasteiger partial charge in [-0.05, 0) is 8.58 Å². The van der Waals surface area contributed by atoms with E-state index in [4.69, 9.17) is 55.9 Å². The molecule has 0 aromatic heterocycles. The summed E-state index contributed by atoms with van der Waals surface area (Å²) in [5, 5.41) is 0.925. The highest BCUT2D eigenvalue weighted by atomic mass is 35.5. The third kappa shape index (κ3) is 1.50. The minimum Gasteiger partial charge on any atom is -0.476 e. The van der Waals surface area contributed by atoms with Gasteiger partial charge in [-0.3, -0.25) is 0 Å². The van der Waals surface area contributed by atoms with E-state index in [1.165, 1.54) is 0 Å². The minimum atomic E-state index is 0.100. The van der Waals surface area contributed by atoms with Crippen LogP contribution in [0.2, 0.25) is 20.1 Å². The number of ether oxygens (including phenoxy) is 2. The number of rotatable bonds is 0. The Morgan fingerprint density at radius 2 is 1.13 bits per heavy atom. The Morgan fingerprint density at radius 1 is 0.733 bits per heavy atom. The van der Waals surface area contributed by atoms with E-state index in [1.54, 1.807) is 0 Å². The first-order valence-electron chi connectivity index (χ1n) is 4.05. The average Bonchev–Trinajstić information content (AvgIpc) is 2.99. The van der Waals surface area contributed by atoms with Crippen molar-refractivity contribution in [1.82, 2.24) is 0 Å². The Kier molecular flexibility index (Phi) is 2.43. The molecule has 2 nitrogen and oxygen atoms in total. The van der Waals surface area contributed by atoms with Crippen molar-refractivity contribution in [2.45, 2.75) is 11.7 Å². The quantitative estimate of drug-likeness (QED) is 0.401. The molecule has 3 rings (SSSR count). The van der Waals surface area contributed by atoms with Gasteiger partial charge in [-0.1, -0.05) is 46.4 Å². The molecular formula is C8H3Cl4O2P. The van der Waals surface area contributed by atoms with Gasteiger partial charge in [0.05, 0.1) is 10.0 Å². The molecule has 0 spiro atoms. The molecule has 80 valence electrons. The molecule has 1 aromatic rings. The Balaban J connectivity index is 2.24. The lowest BCUT2D eigenvalue weighted by atomic mass is 10.3. The summed E-state index contributed by atoms with van der Waals surface area (Å²) in [6.07, 6.45) is 0. The number of halogens is 4. The van der Waals surface area contributed by atoms with Crippen LogP contribution < -0.4 is 9.47 Å². The summed E-state index contributed by atoms with van der Waals surface area (Å²) in [5.41, 5.74) is 0. The largest absolute Gasteiger partial charge is 0.476 e. The monoisotopic (exact) mass is 302 g/mol. The molecule has 7 heteroatoms. The van der Waals surface area contributed by atoms with Crippen LogP contribution in [-0.4, -0.2) is 11.7 Å². The molecule has 2 atom stereocenters. The van der Waals surface area contributed by atoms with Crippen LogP contribution in [0.4, 0.5) is 0 Å². The number of fused-ring (bicyclic) bond motifs is 2. The van der Waals surface area contributed by atoms with E-state index >= 15 is 0 Å². The standard InChI is InChI=1S/C8H3Cl4O2P/c9-1-2(10)4(12)6-5(3(1)11)13-7-8(14-6)15-7/h7-8,15H. The second-order valence-electron chi connectivity index (χ2n) is 3.16. The van der Waals surface area contributed by atoms with Gasteiger partial charge >= 0.3 is 0 Å². The lowest BCUT2D eigenvalue weighted by Crippen LogP contribution is -2.16. The van der Waals surface area contributed by atoms with Crippen molar-refractivity contribution in [3.63, 3.8) is 0 Å². The van der Waals surface area contributed by atoms with Crippen LogP contribution in [0, 0.1) is 0 Å². The van der Waals surface area contributed by atoms with Gasteiger partial charge in [-0.15, -0.1) is 0 Å². The van der Waals surface area contributed by atoms with Gasteiger partial charge in [0, 0.05) is 0 Å². The van der Waals surface area contributed by atoms with E-state index in [0.717, 1.165) is 0 Å². The van der Waals surface area contributed by atoms with E-state index in [1.807, 2.05) is 0 Å². The van der Waals surface area contributed by atoms with Crippen LogP contribution >= 0.6 is 55.0 Å². The highest BCUT2D eigenvalue weighted by molar-refractivity contribution is 7.48. The Labute approximate surface area is 108 Å². The van der Waals surface area contributed by atoms with Crippen LogP contribution in [0.5, 0.6) is 11.5 Å². The van der Waals surface area contributed by atoms with Crippen molar-refractivity contribution in [2.75, 3.05) is 0 Å². The molecule has 0 N–H and O–H groups in total. The molecule has 1 saturated heterocycles. The van der Waals surface area contributed by atoms with Crippen molar-refractivity contribution in [3.8, 4) is 11.5 Å². The smallest absolute Gasteiger partial charge is 0.184 e. The SMILES string of the molecule is Clc1c(Cl)c(Cl)c2c(c1Cl)OC1PC1O2. The van der Waals surface area contributed by atoms with Gasteiger partial charge in [-0.25, -0.2) is 0 Å². The molecule has 0 radical (unpaired) electrons. The lowest BCUT2D eigenvalue weighted by molar-refractivity contribution is 0.166. The normalized spacial score (nSPS) is 27.7. The lowest BCUT2D eigenvalue weighted by Gasteiger charge is -2.20. The highest BCUT2D eigenvalue weighted by Gasteiger charge is 2.48. The molecule has 1 fully saturated rings. The van der Waals surface area contributed by atoms with Gasteiger partial charge in [0.15, 0.2) is 23.2 Å². The zero-order valence-electron chi connectivity index (χ0n) is 6.98. The van der Waals surface area contributed by atoms with E-state index < -0.39 is 0 Å². The molecule has 2 aliphatic rings. The molecule has 2 heterocycles. The summed E-state index contributed by atoms with van der Waals surface area (Å²) in [7, 11) is 0.613. The van der Waals surface area contributed by atoms with Crippen molar-refractivity contribution in [2.24, 2.45) is 0 Å². The number of benzene rings is 1. The van der Waals surface area contributed by atoms with Gasteiger partial charge < -0.3 is 9.47 Å². The first-order valence-corrected chi connectivity index (χ1v) is 6.71. The molecular weight excluding hydrogens is 301 g/mol. The van der Waals surface area contributed by atoms with Crippen molar-refractivity contribution < 1.29 is 9.47 Å². The molecule has 2 unspecified atom stereocenters. The first kappa shape index (κ1) is 10.6. The number of hydrogen-bond acceptors (Lipinski definition) is 2. The number of hydrogen-bond donors (Lipinski definition) is 0. The van der Waals surface area contributed by atoms with Gasteiger partial charge in [0.25, 0.3) is 0 Å².